The van der Waals surface area contributed by atoms with Gasteiger partial charge in [0.25, 0.3) is 5.91 Å². The highest BCUT2D eigenvalue weighted by Gasteiger charge is 2.17. The van der Waals surface area contributed by atoms with Crippen molar-refractivity contribution >= 4 is 69.6 Å². The maximum absolute atomic E-state index is 12.8. The van der Waals surface area contributed by atoms with E-state index < -0.39 is 18.0 Å². The van der Waals surface area contributed by atoms with Crippen LogP contribution in [0, 0.1) is 0 Å². The molecule has 0 saturated carbocycles. The Balaban J connectivity index is 1.59. The third-order valence-corrected chi connectivity index (χ3v) is 6.58. The SMILES string of the molecule is CCC(CC(=O)O)NC(=O)NSc1ccc(NC(=O)c2cc3c(Cl)c(Cl)ccc3n2C)cc1. The number of rotatable bonds is 8. The lowest BCUT2D eigenvalue weighted by atomic mass is 10.1. The van der Waals surface area contributed by atoms with Gasteiger partial charge in [-0.2, -0.15) is 0 Å². The number of anilines is 1. The third-order valence-electron chi connectivity index (χ3n) is 4.97. The van der Waals surface area contributed by atoms with Gasteiger partial charge < -0.3 is 20.3 Å². The van der Waals surface area contributed by atoms with E-state index >= 15 is 0 Å². The largest absolute Gasteiger partial charge is 0.481 e. The first-order chi connectivity index (χ1) is 15.7. The van der Waals surface area contributed by atoms with Crippen molar-refractivity contribution in [2.45, 2.75) is 30.7 Å². The Labute approximate surface area is 204 Å². The Morgan fingerprint density at radius 2 is 1.82 bits per heavy atom. The summed E-state index contributed by atoms with van der Waals surface area (Å²) in [6.07, 6.45) is 0.369. The minimum absolute atomic E-state index is 0.140. The molecule has 33 heavy (non-hydrogen) atoms. The highest BCUT2D eigenvalue weighted by Crippen LogP contribution is 2.32. The summed E-state index contributed by atoms with van der Waals surface area (Å²) in [5.41, 5.74) is 1.80. The van der Waals surface area contributed by atoms with Gasteiger partial charge in [0.15, 0.2) is 0 Å². The second-order valence-electron chi connectivity index (χ2n) is 7.24. The minimum atomic E-state index is -0.970. The van der Waals surface area contributed by atoms with Crippen LogP contribution in [0.5, 0.6) is 0 Å². The van der Waals surface area contributed by atoms with Crippen molar-refractivity contribution in [3.63, 3.8) is 0 Å². The number of carboxylic acids is 1. The molecule has 0 radical (unpaired) electrons. The van der Waals surface area contributed by atoms with Crippen molar-refractivity contribution in [1.29, 1.82) is 0 Å². The van der Waals surface area contributed by atoms with Crippen LogP contribution in [0.4, 0.5) is 10.5 Å². The number of nitrogens with zero attached hydrogens (tertiary/aromatic N) is 1. The fourth-order valence-electron chi connectivity index (χ4n) is 3.20. The Morgan fingerprint density at radius 1 is 1.12 bits per heavy atom. The van der Waals surface area contributed by atoms with Crippen LogP contribution < -0.4 is 15.4 Å². The van der Waals surface area contributed by atoms with Crippen molar-refractivity contribution in [2.24, 2.45) is 7.05 Å². The number of aliphatic carboxylic acids is 1. The van der Waals surface area contributed by atoms with Crippen molar-refractivity contribution in [3.05, 3.63) is 58.2 Å². The first-order valence-corrected chi connectivity index (χ1v) is 11.6. The van der Waals surface area contributed by atoms with Crippen LogP contribution in [0.1, 0.15) is 30.3 Å². The van der Waals surface area contributed by atoms with Crippen LogP contribution in [-0.4, -0.2) is 33.6 Å². The van der Waals surface area contributed by atoms with Crippen LogP contribution in [-0.2, 0) is 11.8 Å². The van der Waals surface area contributed by atoms with Crippen LogP contribution in [0.3, 0.4) is 0 Å². The van der Waals surface area contributed by atoms with Crippen LogP contribution in [0.25, 0.3) is 10.9 Å². The summed E-state index contributed by atoms with van der Waals surface area (Å²) in [7, 11) is 1.78. The Kier molecular flexibility index (Phi) is 8.12. The number of hydrogen-bond acceptors (Lipinski definition) is 4. The molecule has 0 saturated heterocycles. The summed E-state index contributed by atoms with van der Waals surface area (Å²) >= 11 is 13.4. The van der Waals surface area contributed by atoms with Crippen LogP contribution >= 0.6 is 35.1 Å². The molecule has 1 atom stereocenters. The van der Waals surface area contributed by atoms with Gasteiger partial charge in [-0.3, -0.25) is 14.3 Å². The molecular weight excluding hydrogens is 487 g/mol. The quantitative estimate of drug-likeness (QED) is 0.308. The van der Waals surface area contributed by atoms with Gasteiger partial charge in [-0.25, -0.2) is 4.79 Å². The van der Waals surface area contributed by atoms with Gasteiger partial charge in [-0.15, -0.1) is 0 Å². The Bertz CT molecular complexity index is 1200. The van der Waals surface area contributed by atoms with Gasteiger partial charge in [0, 0.05) is 34.6 Å². The number of urea groups is 1. The fourth-order valence-corrected chi connectivity index (χ4v) is 4.12. The zero-order valence-corrected chi connectivity index (χ0v) is 20.1. The van der Waals surface area contributed by atoms with E-state index in [1.165, 1.54) is 0 Å². The van der Waals surface area contributed by atoms with E-state index in [1.54, 1.807) is 61.0 Å². The van der Waals surface area contributed by atoms with Crippen LogP contribution in [0.15, 0.2) is 47.4 Å². The first-order valence-electron chi connectivity index (χ1n) is 9.99. The van der Waals surface area contributed by atoms with E-state index in [9.17, 15) is 14.4 Å². The van der Waals surface area contributed by atoms with E-state index in [1.807, 2.05) is 0 Å². The number of carbonyl (C=O) groups is 3. The number of halogens is 2. The van der Waals surface area contributed by atoms with E-state index in [0.717, 1.165) is 22.4 Å². The normalized spacial score (nSPS) is 11.8. The molecule has 4 N–H and O–H groups in total. The molecule has 8 nitrogen and oxygen atoms in total. The number of fused-ring (bicyclic) bond motifs is 1. The average Bonchev–Trinajstić information content (AvgIpc) is 3.12. The third kappa shape index (κ3) is 6.13. The molecule has 1 aromatic heterocycles. The van der Waals surface area contributed by atoms with Crippen molar-refractivity contribution in [1.82, 2.24) is 14.6 Å². The molecule has 0 fully saturated rings. The molecule has 0 spiro atoms. The molecule has 3 aromatic rings. The van der Waals surface area contributed by atoms with Gasteiger partial charge >= 0.3 is 12.0 Å². The van der Waals surface area contributed by atoms with Gasteiger partial charge in [0.05, 0.1) is 16.5 Å². The van der Waals surface area contributed by atoms with E-state index in [4.69, 9.17) is 28.3 Å². The highest BCUT2D eigenvalue weighted by molar-refractivity contribution is 7.98. The summed E-state index contributed by atoms with van der Waals surface area (Å²) in [5, 5.41) is 15.8. The molecule has 11 heteroatoms. The molecule has 0 aliphatic heterocycles. The number of carbonyl (C=O) groups excluding carboxylic acids is 2. The van der Waals surface area contributed by atoms with Gasteiger partial charge in [0.2, 0.25) is 0 Å². The standard InChI is InChI=1S/C22H22Cl2N4O4S/c1-3-12(10-19(29)30)26-22(32)27-33-14-6-4-13(5-7-14)25-21(31)18-11-15-17(28(18)2)9-8-16(23)20(15)24/h4-9,11-12H,3,10H2,1-2H3,(H,25,31)(H,29,30)(H2,26,27,32). The smallest absolute Gasteiger partial charge is 0.325 e. The summed E-state index contributed by atoms with van der Waals surface area (Å²) in [5.74, 6) is -1.27. The molecule has 3 rings (SSSR count). The minimum Gasteiger partial charge on any atom is -0.481 e. The van der Waals surface area contributed by atoms with E-state index in [2.05, 4.69) is 15.4 Å². The molecule has 174 valence electrons. The van der Waals surface area contributed by atoms with Crippen molar-refractivity contribution in [2.75, 3.05) is 5.32 Å². The summed E-state index contributed by atoms with van der Waals surface area (Å²) in [6.45, 7) is 1.80. The highest BCUT2D eigenvalue weighted by atomic mass is 35.5. The summed E-state index contributed by atoms with van der Waals surface area (Å²) in [4.78, 5) is 36.3. The molecule has 0 aliphatic rings. The lowest BCUT2D eigenvalue weighted by Gasteiger charge is -2.15. The molecule has 3 amide bonds. The number of aryl methyl sites for hydroxylation is 1. The molecule has 0 bridgehead atoms. The molecule has 1 unspecified atom stereocenters. The number of hydrogen-bond donors (Lipinski definition) is 4. The molecule has 1 heterocycles. The number of aromatic nitrogens is 1. The summed E-state index contributed by atoms with van der Waals surface area (Å²) in [6, 6.07) is 11.2. The van der Waals surface area contributed by atoms with Crippen molar-refractivity contribution < 1.29 is 19.5 Å². The monoisotopic (exact) mass is 508 g/mol. The number of carboxylic acid groups (broad SMARTS) is 1. The fraction of sp³-hybridized carbons (Fsp3) is 0.227. The first kappa shape index (κ1) is 24.8. The second-order valence-corrected chi connectivity index (χ2v) is 8.91. The summed E-state index contributed by atoms with van der Waals surface area (Å²) < 4.78 is 4.36. The molecule has 2 aromatic carbocycles. The number of benzene rings is 2. The maximum atomic E-state index is 12.8. The van der Waals surface area contributed by atoms with Gasteiger partial charge in [-0.1, -0.05) is 30.1 Å². The van der Waals surface area contributed by atoms with Gasteiger partial charge in [-0.05, 0) is 60.8 Å². The Morgan fingerprint density at radius 3 is 2.45 bits per heavy atom. The predicted octanol–water partition coefficient (Wildman–Crippen LogP) is 5.30. The van der Waals surface area contributed by atoms with E-state index in [0.29, 0.717) is 33.2 Å². The molecule has 0 aliphatic carbocycles. The molecular formula is C22H22Cl2N4O4S. The van der Waals surface area contributed by atoms with E-state index in [-0.39, 0.29) is 12.3 Å². The van der Waals surface area contributed by atoms with Gasteiger partial charge in [0.1, 0.15) is 5.69 Å². The maximum Gasteiger partial charge on any atom is 0.325 e. The van der Waals surface area contributed by atoms with Crippen molar-refractivity contribution in [3.8, 4) is 0 Å². The lowest BCUT2D eigenvalue weighted by Crippen LogP contribution is -2.40. The lowest BCUT2D eigenvalue weighted by molar-refractivity contribution is -0.137. The zero-order chi connectivity index (χ0) is 24.1. The average molecular weight is 509 g/mol. The topological polar surface area (TPSA) is 112 Å². The predicted molar refractivity (Wildman–Crippen MR) is 131 cm³/mol. The second kappa shape index (κ2) is 10.8. The number of amides is 3. The number of nitrogens with one attached hydrogen (secondary N) is 3. The van der Waals surface area contributed by atoms with Crippen LogP contribution in [0.2, 0.25) is 10.0 Å². The zero-order valence-electron chi connectivity index (χ0n) is 17.8. The Hall–Kier alpha value is -2.88.